The van der Waals surface area contributed by atoms with Crippen LogP contribution in [-0.4, -0.2) is 36.1 Å². The fourth-order valence-corrected chi connectivity index (χ4v) is 3.58. The number of hydrogen-bond donors (Lipinski definition) is 0. The van der Waals surface area contributed by atoms with Crippen molar-refractivity contribution in [2.45, 2.75) is 32.8 Å². The number of Topliss-reactive ketones (excluding diaryl/α,β-unsaturated/α-hetero) is 1. The zero-order valence-electron chi connectivity index (χ0n) is 20.2. The van der Waals surface area contributed by atoms with Gasteiger partial charge < -0.3 is 18.8 Å². The smallest absolute Gasteiger partial charge is 0.298 e. The predicted octanol–water partition coefficient (Wildman–Crippen LogP) is 6.36. The van der Waals surface area contributed by atoms with Gasteiger partial charge in [-0.25, -0.2) is 0 Å². The zero-order valence-corrected chi connectivity index (χ0v) is 20.9. The van der Waals surface area contributed by atoms with Crippen molar-refractivity contribution in [1.82, 2.24) is 4.98 Å². The van der Waals surface area contributed by atoms with Crippen LogP contribution in [0.4, 0.5) is 6.01 Å². The molecule has 0 saturated heterocycles. The average molecular weight is 493 g/mol. The van der Waals surface area contributed by atoms with Crippen LogP contribution in [0, 0.1) is 0 Å². The van der Waals surface area contributed by atoms with Gasteiger partial charge in [-0.1, -0.05) is 35.9 Å². The Hall–Kier alpha value is -3.51. The quantitative estimate of drug-likeness (QED) is 0.243. The van der Waals surface area contributed by atoms with Crippen LogP contribution in [0.15, 0.2) is 77.2 Å². The maximum absolute atomic E-state index is 11.7. The number of anilines is 1. The summed E-state index contributed by atoms with van der Waals surface area (Å²) in [6.07, 6.45) is 0.774. The molecule has 0 unspecified atom stereocenters. The molecule has 1 aromatic heterocycles. The lowest BCUT2D eigenvalue weighted by Gasteiger charge is -2.23. The number of hydrogen-bond acceptors (Lipinski definition) is 6. The molecule has 4 rings (SSSR count). The number of rotatable bonds is 11. The first-order chi connectivity index (χ1) is 16.8. The molecule has 1 heterocycles. The number of para-hydroxylation sites is 2. The van der Waals surface area contributed by atoms with Crippen molar-refractivity contribution in [3.8, 4) is 11.5 Å². The molecule has 0 radical (unpaired) electrons. The van der Waals surface area contributed by atoms with Gasteiger partial charge in [0, 0.05) is 11.6 Å². The Kier molecular flexibility index (Phi) is 7.61. The van der Waals surface area contributed by atoms with Crippen molar-refractivity contribution < 1.29 is 18.7 Å². The first-order valence-electron chi connectivity index (χ1n) is 11.6. The van der Waals surface area contributed by atoms with E-state index in [1.54, 1.807) is 26.0 Å². The maximum Gasteiger partial charge on any atom is 0.298 e. The molecule has 182 valence electrons. The normalized spacial score (nSPS) is 11.4. The van der Waals surface area contributed by atoms with E-state index in [4.69, 9.17) is 25.5 Å². The molecule has 0 saturated carbocycles. The molecule has 35 heavy (non-hydrogen) atoms. The fourth-order valence-electron chi connectivity index (χ4n) is 3.46. The molecule has 0 aliphatic rings. The van der Waals surface area contributed by atoms with Crippen molar-refractivity contribution in [2.75, 3.05) is 24.6 Å². The second-order valence-corrected chi connectivity index (χ2v) is 9.25. The van der Waals surface area contributed by atoms with Crippen LogP contribution in [0.2, 0.25) is 5.02 Å². The van der Waals surface area contributed by atoms with Gasteiger partial charge in [0.1, 0.15) is 23.6 Å². The molecule has 0 fully saturated rings. The zero-order chi connectivity index (χ0) is 24.8. The lowest BCUT2D eigenvalue weighted by Crippen LogP contribution is -2.36. The van der Waals surface area contributed by atoms with Crippen LogP contribution in [0.1, 0.15) is 26.3 Å². The van der Waals surface area contributed by atoms with E-state index in [0.29, 0.717) is 36.5 Å². The molecule has 4 aromatic rings. The van der Waals surface area contributed by atoms with Crippen LogP contribution >= 0.6 is 11.6 Å². The molecule has 0 amide bonds. The number of oxazole rings is 1. The summed E-state index contributed by atoms with van der Waals surface area (Å²) >= 11 is 5.96. The molecule has 7 heteroatoms. The Bertz CT molecular complexity index is 1230. The van der Waals surface area contributed by atoms with Crippen molar-refractivity contribution in [2.24, 2.45) is 0 Å². The van der Waals surface area contributed by atoms with Crippen molar-refractivity contribution in [3.63, 3.8) is 0 Å². The number of carbonyl (C=O) groups excluding carboxylic acids is 1. The standard InChI is InChI=1S/C28H29ClN2O4/c1-20(32)28(2,3)35-24-12-8-21(9-13-24)16-17-31(18-19-33-23-14-10-22(29)11-15-23)27-30-25-6-4-5-7-26(25)34-27/h4-15H,16-19H2,1-3H3. The monoisotopic (exact) mass is 492 g/mol. The molecule has 0 aliphatic heterocycles. The summed E-state index contributed by atoms with van der Waals surface area (Å²) in [7, 11) is 0. The highest BCUT2D eigenvalue weighted by molar-refractivity contribution is 6.30. The molecule has 6 nitrogen and oxygen atoms in total. The van der Waals surface area contributed by atoms with E-state index in [1.807, 2.05) is 60.7 Å². The SMILES string of the molecule is CC(=O)C(C)(C)Oc1ccc(CCN(CCOc2ccc(Cl)cc2)c2nc3ccccc3o2)cc1. The van der Waals surface area contributed by atoms with E-state index in [0.717, 1.165) is 28.8 Å². The van der Waals surface area contributed by atoms with E-state index in [-0.39, 0.29) is 5.78 Å². The molecule has 0 bridgehead atoms. The van der Waals surface area contributed by atoms with E-state index < -0.39 is 5.60 Å². The van der Waals surface area contributed by atoms with Gasteiger partial charge in [-0.15, -0.1) is 0 Å². The van der Waals surface area contributed by atoms with Crippen molar-refractivity contribution in [1.29, 1.82) is 0 Å². The maximum atomic E-state index is 11.7. The second-order valence-electron chi connectivity index (χ2n) is 8.82. The van der Waals surface area contributed by atoms with E-state index in [2.05, 4.69) is 9.88 Å². The lowest BCUT2D eigenvalue weighted by atomic mass is 10.1. The summed E-state index contributed by atoms with van der Waals surface area (Å²) in [5.74, 6) is 1.41. The van der Waals surface area contributed by atoms with Gasteiger partial charge in [0.2, 0.25) is 0 Å². The summed E-state index contributed by atoms with van der Waals surface area (Å²) < 4.78 is 17.8. The van der Waals surface area contributed by atoms with Gasteiger partial charge in [0.25, 0.3) is 6.01 Å². The predicted molar refractivity (Wildman–Crippen MR) is 139 cm³/mol. The third-order valence-electron chi connectivity index (χ3n) is 5.81. The first-order valence-corrected chi connectivity index (χ1v) is 12.0. The number of ether oxygens (including phenoxy) is 2. The van der Waals surface area contributed by atoms with Crippen LogP contribution in [-0.2, 0) is 11.2 Å². The van der Waals surface area contributed by atoms with E-state index >= 15 is 0 Å². The number of benzene rings is 3. The molecule has 3 aromatic carbocycles. The lowest BCUT2D eigenvalue weighted by molar-refractivity contribution is -0.129. The van der Waals surface area contributed by atoms with Crippen LogP contribution in [0.5, 0.6) is 11.5 Å². The third kappa shape index (κ3) is 6.55. The molecule has 0 N–H and O–H groups in total. The Balaban J connectivity index is 1.42. The Labute approximate surface area is 210 Å². The van der Waals surface area contributed by atoms with E-state index in [1.165, 1.54) is 6.92 Å². The van der Waals surface area contributed by atoms with Crippen molar-refractivity contribution in [3.05, 3.63) is 83.4 Å². The number of ketones is 1. The minimum absolute atomic E-state index is 0.0172. The van der Waals surface area contributed by atoms with Crippen molar-refractivity contribution >= 4 is 34.5 Å². The third-order valence-corrected chi connectivity index (χ3v) is 6.06. The van der Waals surface area contributed by atoms with Gasteiger partial charge in [0.15, 0.2) is 17.0 Å². The summed E-state index contributed by atoms with van der Waals surface area (Å²) in [5.41, 5.74) is 1.86. The fraction of sp³-hybridized carbons (Fsp3) is 0.286. The van der Waals surface area contributed by atoms with Crippen LogP contribution < -0.4 is 14.4 Å². The number of halogens is 1. The van der Waals surface area contributed by atoms with Gasteiger partial charge in [-0.05, 0) is 81.3 Å². The number of carbonyl (C=O) groups is 1. The van der Waals surface area contributed by atoms with Gasteiger partial charge in [0.05, 0.1) is 6.54 Å². The highest BCUT2D eigenvalue weighted by atomic mass is 35.5. The molecular formula is C28H29ClN2O4. The molecular weight excluding hydrogens is 464 g/mol. The molecule has 0 atom stereocenters. The topological polar surface area (TPSA) is 64.8 Å². The van der Waals surface area contributed by atoms with Crippen LogP contribution in [0.3, 0.4) is 0 Å². The molecule has 0 spiro atoms. The minimum atomic E-state index is -0.852. The number of fused-ring (bicyclic) bond motifs is 1. The van der Waals surface area contributed by atoms with Crippen LogP contribution in [0.25, 0.3) is 11.1 Å². The Morgan fingerprint density at radius 2 is 1.66 bits per heavy atom. The van der Waals surface area contributed by atoms with E-state index in [9.17, 15) is 4.79 Å². The van der Waals surface area contributed by atoms with Gasteiger partial charge >= 0.3 is 0 Å². The Morgan fingerprint density at radius 3 is 2.34 bits per heavy atom. The highest BCUT2D eigenvalue weighted by Gasteiger charge is 2.25. The summed E-state index contributed by atoms with van der Waals surface area (Å²) in [5, 5.41) is 0.673. The van der Waals surface area contributed by atoms with Gasteiger partial charge in [-0.3, -0.25) is 4.79 Å². The number of nitrogens with zero attached hydrogens (tertiary/aromatic N) is 2. The largest absolute Gasteiger partial charge is 0.492 e. The minimum Gasteiger partial charge on any atom is -0.492 e. The van der Waals surface area contributed by atoms with Gasteiger partial charge in [-0.2, -0.15) is 4.98 Å². The highest BCUT2D eigenvalue weighted by Crippen LogP contribution is 2.24. The first kappa shape index (κ1) is 24.6. The number of aromatic nitrogens is 1. The molecule has 0 aliphatic carbocycles. The average Bonchev–Trinajstić information content (AvgIpc) is 3.27. The summed E-state index contributed by atoms with van der Waals surface area (Å²) in [4.78, 5) is 18.5. The summed E-state index contributed by atoms with van der Waals surface area (Å²) in [6, 6.07) is 23.4. The Morgan fingerprint density at radius 1 is 0.971 bits per heavy atom. The second kappa shape index (κ2) is 10.8. The summed E-state index contributed by atoms with van der Waals surface area (Å²) in [6.45, 7) is 6.83.